The smallest absolute Gasteiger partial charge is 0.374 e. The Morgan fingerprint density at radius 2 is 2.19 bits per heavy atom. The molecule has 1 aliphatic rings. The number of carbonyl (C=O) groups excluding carboxylic acids is 1. The molecule has 0 atom stereocenters. The molecule has 0 bridgehead atoms. The second-order valence-corrected chi connectivity index (χ2v) is 6.79. The minimum atomic E-state index is -0.505. The van der Waals surface area contributed by atoms with Crippen molar-refractivity contribution in [2.24, 2.45) is 0 Å². The van der Waals surface area contributed by atoms with Crippen LogP contribution < -0.4 is 0 Å². The van der Waals surface area contributed by atoms with Crippen LogP contribution in [0.15, 0.2) is 45.2 Å². The number of nitrogens with zero attached hydrogens (tertiary/aromatic N) is 2. The van der Waals surface area contributed by atoms with Crippen molar-refractivity contribution in [1.29, 1.82) is 0 Å². The fraction of sp³-hybridized carbons (Fsp3) is 0.263. The first-order valence-corrected chi connectivity index (χ1v) is 9.13. The number of hydrogen-bond donors (Lipinski definition) is 0. The van der Waals surface area contributed by atoms with Crippen LogP contribution in [0.3, 0.4) is 0 Å². The van der Waals surface area contributed by atoms with Gasteiger partial charge in [-0.3, -0.25) is 0 Å². The Balaban J connectivity index is 1.36. The van der Waals surface area contributed by atoms with E-state index in [1.807, 2.05) is 18.2 Å². The normalized spacial score (nSPS) is 13.4. The summed E-state index contributed by atoms with van der Waals surface area (Å²) in [5.74, 6) is 1.40. The van der Waals surface area contributed by atoms with Gasteiger partial charge in [-0.1, -0.05) is 12.1 Å². The minimum absolute atomic E-state index is 0.157. The van der Waals surface area contributed by atoms with Gasteiger partial charge in [0, 0.05) is 19.0 Å². The minimum Gasteiger partial charge on any atom is -0.494 e. The third-order valence-electron chi connectivity index (χ3n) is 4.25. The maximum atomic E-state index is 11.8. The first-order chi connectivity index (χ1) is 12.6. The largest absolute Gasteiger partial charge is 0.494 e. The molecule has 0 radical (unpaired) electrons. The van der Waals surface area contributed by atoms with E-state index in [0.29, 0.717) is 11.3 Å². The van der Waals surface area contributed by atoms with E-state index in [9.17, 15) is 4.79 Å². The second-order valence-electron chi connectivity index (χ2n) is 6.01. The van der Waals surface area contributed by atoms with E-state index in [1.54, 1.807) is 12.1 Å². The topological polar surface area (TPSA) is 66.5 Å². The molecule has 134 valence electrons. The van der Waals surface area contributed by atoms with Crippen LogP contribution in [0, 0.1) is 6.92 Å². The van der Waals surface area contributed by atoms with Crippen molar-refractivity contribution in [3.63, 3.8) is 0 Å². The predicted molar refractivity (Wildman–Crippen MR) is 99.7 cm³/mol. The highest BCUT2D eigenvalue weighted by molar-refractivity contribution is 9.10. The van der Waals surface area contributed by atoms with Gasteiger partial charge in [0.15, 0.2) is 4.67 Å². The summed E-state index contributed by atoms with van der Waals surface area (Å²) in [7, 11) is 0. The molecule has 0 spiro atoms. The highest BCUT2D eigenvalue weighted by atomic mass is 79.9. The van der Waals surface area contributed by atoms with Crippen molar-refractivity contribution in [3.05, 3.63) is 57.9 Å². The van der Waals surface area contributed by atoms with Gasteiger partial charge in [0.2, 0.25) is 5.76 Å². The average molecular weight is 417 g/mol. The summed E-state index contributed by atoms with van der Waals surface area (Å²) in [6, 6.07) is 9.34. The lowest BCUT2D eigenvalue weighted by Gasteiger charge is -2.17. The number of aromatic nitrogens is 2. The van der Waals surface area contributed by atoms with Crippen LogP contribution in [0.25, 0.3) is 17.1 Å². The van der Waals surface area contributed by atoms with Crippen LogP contribution in [0.5, 0.6) is 0 Å². The molecular weight excluding hydrogens is 400 g/mol. The maximum absolute atomic E-state index is 11.8. The molecule has 0 saturated carbocycles. The lowest BCUT2D eigenvalue weighted by Crippen LogP contribution is -2.13. The standard InChI is InChI=1S/C19H17BrN2O4/c1-12-3-2-4-14-18(12)22-8-7-13(11-17(22)21-14)24-9-10-25-19(23)15-5-6-16(20)26-15/h2-6,11H,7-10H2,1H3. The van der Waals surface area contributed by atoms with Crippen LogP contribution in [-0.4, -0.2) is 28.7 Å². The molecule has 3 heterocycles. The van der Waals surface area contributed by atoms with Crippen LogP contribution in [-0.2, 0) is 16.0 Å². The number of imidazole rings is 1. The number of furan rings is 1. The van der Waals surface area contributed by atoms with Crippen molar-refractivity contribution in [2.75, 3.05) is 13.2 Å². The molecule has 6 nitrogen and oxygen atoms in total. The van der Waals surface area contributed by atoms with Crippen molar-refractivity contribution in [1.82, 2.24) is 9.55 Å². The van der Waals surface area contributed by atoms with Gasteiger partial charge < -0.3 is 18.5 Å². The summed E-state index contributed by atoms with van der Waals surface area (Å²) in [5, 5.41) is 0. The Morgan fingerprint density at radius 3 is 3.00 bits per heavy atom. The number of hydrogen-bond acceptors (Lipinski definition) is 5. The van der Waals surface area contributed by atoms with Crippen LogP contribution in [0.2, 0.25) is 0 Å². The molecule has 3 aromatic rings. The Labute approximate surface area is 158 Å². The Kier molecular flexibility index (Phi) is 4.55. The maximum Gasteiger partial charge on any atom is 0.374 e. The van der Waals surface area contributed by atoms with Crippen molar-refractivity contribution < 1.29 is 18.7 Å². The van der Waals surface area contributed by atoms with Crippen LogP contribution in [0.4, 0.5) is 0 Å². The number of halogens is 1. The summed E-state index contributed by atoms with van der Waals surface area (Å²) in [6.07, 6.45) is 2.74. The van der Waals surface area contributed by atoms with E-state index < -0.39 is 5.97 Å². The van der Waals surface area contributed by atoms with Crippen molar-refractivity contribution in [2.45, 2.75) is 19.9 Å². The first-order valence-electron chi connectivity index (χ1n) is 8.33. The van der Waals surface area contributed by atoms with E-state index >= 15 is 0 Å². The summed E-state index contributed by atoms with van der Waals surface area (Å²) in [6.45, 7) is 3.37. The van der Waals surface area contributed by atoms with Crippen molar-refractivity contribution in [3.8, 4) is 0 Å². The number of allylic oxidation sites excluding steroid dienone is 1. The molecule has 2 aromatic heterocycles. The fourth-order valence-corrected chi connectivity index (χ4v) is 3.38. The SMILES string of the molecule is Cc1cccc2nc3n(c12)CCC(OCCOC(=O)c1ccc(Br)o1)=C3. The summed E-state index contributed by atoms with van der Waals surface area (Å²) < 4.78 is 18.7. The van der Waals surface area contributed by atoms with Gasteiger partial charge in [-0.05, 0) is 46.6 Å². The molecule has 26 heavy (non-hydrogen) atoms. The van der Waals surface area contributed by atoms with Gasteiger partial charge in [0.1, 0.15) is 24.8 Å². The van der Waals surface area contributed by atoms with E-state index in [-0.39, 0.29) is 12.4 Å². The molecule has 0 N–H and O–H groups in total. The number of aryl methyl sites for hydroxylation is 2. The molecular formula is C19H17BrN2O4. The van der Waals surface area contributed by atoms with Gasteiger partial charge in [-0.25, -0.2) is 9.78 Å². The highest BCUT2D eigenvalue weighted by Gasteiger charge is 2.17. The van der Waals surface area contributed by atoms with Gasteiger partial charge in [-0.2, -0.15) is 0 Å². The molecule has 0 amide bonds. The molecule has 1 aromatic carbocycles. The third kappa shape index (κ3) is 3.26. The van der Waals surface area contributed by atoms with Gasteiger partial charge in [0.05, 0.1) is 11.0 Å². The zero-order valence-corrected chi connectivity index (χ0v) is 15.8. The zero-order chi connectivity index (χ0) is 18.1. The van der Waals surface area contributed by atoms with E-state index in [0.717, 1.165) is 30.1 Å². The van der Waals surface area contributed by atoms with E-state index in [4.69, 9.17) is 13.9 Å². The lowest BCUT2D eigenvalue weighted by molar-refractivity contribution is 0.0360. The summed E-state index contributed by atoms with van der Waals surface area (Å²) >= 11 is 3.15. The monoisotopic (exact) mass is 416 g/mol. The van der Waals surface area contributed by atoms with Gasteiger partial charge in [0.25, 0.3) is 0 Å². The van der Waals surface area contributed by atoms with Gasteiger partial charge >= 0.3 is 5.97 Å². The number of carbonyl (C=O) groups is 1. The van der Waals surface area contributed by atoms with Crippen molar-refractivity contribution >= 4 is 39.0 Å². The first kappa shape index (κ1) is 16.9. The Morgan fingerprint density at radius 1 is 1.31 bits per heavy atom. The predicted octanol–water partition coefficient (Wildman–Crippen LogP) is 4.32. The van der Waals surface area contributed by atoms with Gasteiger partial charge in [-0.15, -0.1) is 0 Å². The summed E-state index contributed by atoms with van der Waals surface area (Å²) in [5.41, 5.74) is 3.39. The lowest BCUT2D eigenvalue weighted by atomic mass is 10.2. The van der Waals surface area contributed by atoms with Crippen LogP contribution in [0.1, 0.15) is 28.4 Å². The van der Waals surface area contributed by atoms with Crippen LogP contribution >= 0.6 is 15.9 Å². The zero-order valence-electron chi connectivity index (χ0n) is 14.2. The number of para-hydroxylation sites is 1. The summed E-state index contributed by atoms with van der Waals surface area (Å²) in [4.78, 5) is 16.5. The molecule has 0 saturated heterocycles. The molecule has 0 fully saturated rings. The quantitative estimate of drug-likeness (QED) is 0.457. The highest BCUT2D eigenvalue weighted by Crippen LogP contribution is 2.26. The second kappa shape index (κ2) is 6.99. The van der Waals surface area contributed by atoms with E-state index in [1.165, 1.54) is 11.1 Å². The Hall–Kier alpha value is -2.54. The molecule has 7 heteroatoms. The molecule has 1 aliphatic heterocycles. The number of ether oxygens (including phenoxy) is 2. The fourth-order valence-electron chi connectivity index (χ4n) is 3.07. The molecule has 0 aliphatic carbocycles. The number of esters is 1. The number of rotatable bonds is 5. The number of fused-ring (bicyclic) bond motifs is 3. The number of benzene rings is 1. The third-order valence-corrected chi connectivity index (χ3v) is 4.67. The molecule has 4 rings (SSSR count). The Bertz CT molecular complexity index is 1000. The van der Waals surface area contributed by atoms with E-state index in [2.05, 4.69) is 38.5 Å². The average Bonchev–Trinajstić information content (AvgIpc) is 3.22. The molecule has 0 unspecified atom stereocenters.